The summed E-state index contributed by atoms with van der Waals surface area (Å²) in [7, 11) is -1.48. The number of carbonyl (C=O) groups excluding carboxylic acids is 1. The third-order valence-corrected chi connectivity index (χ3v) is 8.40. The molecule has 198 valence electrons. The quantitative estimate of drug-likeness (QED) is 0.414. The molecule has 1 N–H and O–H groups in total. The fraction of sp³-hybridized carbons (Fsp3) is 0.435. The van der Waals surface area contributed by atoms with Crippen molar-refractivity contribution in [3.05, 3.63) is 61.7 Å². The molecule has 13 nitrogen and oxygen atoms in total. The van der Waals surface area contributed by atoms with Crippen molar-refractivity contribution in [2.75, 3.05) is 20.8 Å². The van der Waals surface area contributed by atoms with Gasteiger partial charge in [-0.1, -0.05) is 6.92 Å². The third-order valence-electron chi connectivity index (χ3n) is 6.88. The first-order valence-corrected chi connectivity index (χ1v) is 13.0. The van der Waals surface area contributed by atoms with Crippen LogP contribution in [-0.4, -0.2) is 55.9 Å². The van der Waals surface area contributed by atoms with E-state index in [0.29, 0.717) is 37.0 Å². The van der Waals surface area contributed by atoms with Crippen LogP contribution in [0.2, 0.25) is 0 Å². The Labute approximate surface area is 212 Å². The fourth-order valence-corrected chi connectivity index (χ4v) is 6.50. The molecule has 2 aromatic rings. The van der Waals surface area contributed by atoms with E-state index in [-0.39, 0.29) is 18.4 Å². The first-order valence-electron chi connectivity index (χ1n) is 11.5. The van der Waals surface area contributed by atoms with E-state index < -0.39 is 48.1 Å². The van der Waals surface area contributed by atoms with Crippen LogP contribution < -0.4 is 14.2 Å². The summed E-state index contributed by atoms with van der Waals surface area (Å²) in [5, 5.41) is 22.5. The van der Waals surface area contributed by atoms with E-state index >= 15 is 0 Å². The van der Waals surface area contributed by atoms with Crippen LogP contribution in [0.3, 0.4) is 0 Å². The minimum Gasteiger partial charge on any atom is -0.497 e. The van der Waals surface area contributed by atoms with Gasteiger partial charge in [-0.15, -0.1) is 0 Å². The molecule has 1 fully saturated rings. The summed E-state index contributed by atoms with van der Waals surface area (Å²) >= 11 is 0. The molecular formula is C23H26N4O9S. The number of non-ortho nitro benzene ring substituents is 1. The maximum absolute atomic E-state index is 13.6. The second-order valence-electron chi connectivity index (χ2n) is 9.02. The summed E-state index contributed by atoms with van der Waals surface area (Å²) in [6, 6.07) is 4.39. The lowest BCUT2D eigenvalue weighted by Gasteiger charge is -2.40. The summed E-state index contributed by atoms with van der Waals surface area (Å²) in [6.45, 7) is 2.31. The van der Waals surface area contributed by atoms with Crippen LogP contribution >= 0.6 is 0 Å². The fourth-order valence-electron chi connectivity index (χ4n) is 5.12. The van der Waals surface area contributed by atoms with Gasteiger partial charge in [0.05, 0.1) is 36.2 Å². The van der Waals surface area contributed by atoms with Gasteiger partial charge in [-0.05, 0) is 42.9 Å². The number of benzene rings is 2. The van der Waals surface area contributed by atoms with Crippen molar-refractivity contribution in [3.8, 4) is 11.5 Å². The predicted molar refractivity (Wildman–Crippen MR) is 130 cm³/mol. The largest absolute Gasteiger partial charge is 0.497 e. The highest BCUT2D eigenvalue weighted by molar-refractivity contribution is 7.89. The number of ether oxygens (including phenoxy) is 2. The molecule has 1 saturated heterocycles. The van der Waals surface area contributed by atoms with Crippen molar-refractivity contribution < 1.29 is 32.5 Å². The van der Waals surface area contributed by atoms with Crippen LogP contribution in [0.25, 0.3) is 0 Å². The number of nitrogens with one attached hydrogen (secondary N) is 1. The van der Waals surface area contributed by atoms with E-state index in [2.05, 4.69) is 4.72 Å². The average Bonchev–Trinajstić information content (AvgIpc) is 2.99. The van der Waals surface area contributed by atoms with Crippen LogP contribution in [0.15, 0.2) is 35.2 Å². The van der Waals surface area contributed by atoms with Gasteiger partial charge in [-0.3, -0.25) is 25.0 Å². The molecule has 4 rings (SSSR count). The molecule has 0 spiro atoms. The number of fused-ring (bicyclic) bond motifs is 3. The minimum atomic E-state index is -4.57. The molecule has 3 atom stereocenters. The standard InChI is InChI=1S/C23H26N4O9S/c1-13-4-6-17(24-37(33,34)20-7-5-15(26(29)30)11-18(20)27(31)32)23(28)25-9-8-14-10-16(35-2)12-19(36-3)21(14)22(13)25/h5,7,10-13,17,22,24H,4,6,8-9H2,1-3H3. The Kier molecular flexibility index (Phi) is 7.06. The van der Waals surface area contributed by atoms with Gasteiger partial charge in [0.25, 0.3) is 11.4 Å². The summed E-state index contributed by atoms with van der Waals surface area (Å²) in [5.41, 5.74) is 0.271. The summed E-state index contributed by atoms with van der Waals surface area (Å²) in [4.78, 5) is 35.2. The molecule has 14 heteroatoms. The Hall–Kier alpha value is -3.78. The van der Waals surface area contributed by atoms with Gasteiger partial charge < -0.3 is 14.4 Å². The summed E-state index contributed by atoms with van der Waals surface area (Å²) < 4.78 is 39.7. The lowest BCUT2D eigenvalue weighted by molar-refractivity contribution is -0.396. The molecule has 0 saturated carbocycles. The van der Waals surface area contributed by atoms with Crippen molar-refractivity contribution in [3.63, 3.8) is 0 Å². The molecule has 2 aromatic carbocycles. The summed E-state index contributed by atoms with van der Waals surface area (Å²) in [5.74, 6) is 0.704. The van der Waals surface area contributed by atoms with Gasteiger partial charge in [-0.25, -0.2) is 8.42 Å². The number of rotatable bonds is 7. The number of carbonyl (C=O) groups is 1. The first-order chi connectivity index (χ1) is 17.5. The van der Waals surface area contributed by atoms with Gasteiger partial charge >= 0.3 is 0 Å². The molecule has 0 aromatic heterocycles. The monoisotopic (exact) mass is 534 g/mol. The highest BCUT2D eigenvalue weighted by atomic mass is 32.2. The molecule has 0 aliphatic carbocycles. The number of nitro benzene ring substituents is 2. The highest BCUT2D eigenvalue weighted by Crippen LogP contribution is 2.45. The SMILES string of the molecule is COc1cc2c(c(OC)c1)C1C(C)CCC(NS(=O)(=O)c3ccc([N+](=O)[O-])cc3[N+](=O)[O-])C(=O)N1CC2. The molecule has 2 heterocycles. The second-order valence-corrected chi connectivity index (χ2v) is 10.7. The number of nitro groups is 2. The van der Waals surface area contributed by atoms with Crippen molar-refractivity contribution in [1.82, 2.24) is 9.62 Å². The van der Waals surface area contributed by atoms with Gasteiger partial charge in [0, 0.05) is 24.2 Å². The maximum atomic E-state index is 13.6. The van der Waals surface area contributed by atoms with Crippen molar-refractivity contribution in [1.29, 1.82) is 0 Å². The first kappa shape index (κ1) is 26.3. The Morgan fingerprint density at radius 1 is 1.05 bits per heavy atom. The van der Waals surface area contributed by atoms with Crippen LogP contribution in [-0.2, 0) is 21.2 Å². The zero-order valence-electron chi connectivity index (χ0n) is 20.4. The van der Waals surface area contributed by atoms with E-state index in [1.54, 1.807) is 18.1 Å². The predicted octanol–water partition coefficient (Wildman–Crippen LogP) is 2.72. The van der Waals surface area contributed by atoms with Crippen molar-refractivity contribution >= 4 is 27.3 Å². The molecular weight excluding hydrogens is 508 g/mol. The van der Waals surface area contributed by atoms with Crippen molar-refractivity contribution in [2.45, 2.75) is 43.2 Å². The number of hydrogen-bond donors (Lipinski definition) is 1. The Morgan fingerprint density at radius 2 is 1.78 bits per heavy atom. The minimum absolute atomic E-state index is 0.0477. The third kappa shape index (κ3) is 4.81. The number of sulfonamides is 1. The van der Waals surface area contributed by atoms with Crippen LogP contribution in [0.5, 0.6) is 11.5 Å². The van der Waals surface area contributed by atoms with Gasteiger partial charge in [0.1, 0.15) is 17.5 Å². The molecule has 3 unspecified atom stereocenters. The van der Waals surface area contributed by atoms with E-state index in [4.69, 9.17) is 9.47 Å². The van der Waals surface area contributed by atoms with E-state index in [1.165, 1.54) is 7.11 Å². The molecule has 2 aliphatic rings. The zero-order valence-corrected chi connectivity index (χ0v) is 21.2. The second kappa shape index (κ2) is 9.94. The van der Waals surface area contributed by atoms with E-state index in [9.17, 15) is 33.4 Å². The van der Waals surface area contributed by atoms with Crippen LogP contribution in [0, 0.1) is 26.1 Å². The lowest BCUT2D eigenvalue weighted by atomic mass is 9.83. The number of methoxy groups -OCH3 is 2. The molecule has 2 aliphatic heterocycles. The maximum Gasteiger partial charge on any atom is 0.296 e. The zero-order chi connectivity index (χ0) is 27.1. The van der Waals surface area contributed by atoms with Gasteiger partial charge in [-0.2, -0.15) is 4.72 Å². The van der Waals surface area contributed by atoms with E-state index in [1.807, 2.05) is 13.0 Å². The Bertz CT molecular complexity index is 1360. The normalized spacial score (nSPS) is 21.4. The number of hydrogen-bond acceptors (Lipinski definition) is 9. The van der Waals surface area contributed by atoms with Crippen molar-refractivity contribution in [2.24, 2.45) is 5.92 Å². The van der Waals surface area contributed by atoms with Gasteiger partial charge in [0.2, 0.25) is 15.9 Å². The average molecular weight is 535 g/mol. The topological polar surface area (TPSA) is 171 Å². The van der Waals surface area contributed by atoms with Crippen LogP contribution in [0.4, 0.5) is 11.4 Å². The smallest absolute Gasteiger partial charge is 0.296 e. The number of nitrogens with zero attached hydrogens (tertiary/aromatic N) is 3. The molecule has 0 radical (unpaired) electrons. The lowest BCUT2D eigenvalue weighted by Crippen LogP contribution is -2.50. The van der Waals surface area contributed by atoms with E-state index in [0.717, 1.165) is 23.3 Å². The molecule has 0 bridgehead atoms. The van der Waals surface area contributed by atoms with Crippen LogP contribution in [0.1, 0.15) is 36.9 Å². The molecule has 37 heavy (non-hydrogen) atoms. The Morgan fingerprint density at radius 3 is 2.41 bits per heavy atom. The molecule has 1 amide bonds. The Balaban J connectivity index is 1.68. The highest BCUT2D eigenvalue weighted by Gasteiger charge is 2.43. The van der Waals surface area contributed by atoms with Gasteiger partial charge in [0.15, 0.2) is 4.90 Å². The number of amides is 1. The summed E-state index contributed by atoms with van der Waals surface area (Å²) in [6.07, 6.45) is 1.16.